The van der Waals surface area contributed by atoms with Crippen molar-refractivity contribution in [2.45, 2.75) is 9.79 Å². The van der Waals surface area contributed by atoms with Gasteiger partial charge in [-0.1, -0.05) is 6.07 Å². The molecule has 1 aromatic carbocycles. The Morgan fingerprint density at radius 3 is 2.93 bits per heavy atom. The zero-order chi connectivity index (χ0) is 10.1. The minimum Gasteiger partial charge on any atom is -0.298 e. The Morgan fingerprint density at radius 2 is 2.29 bits per heavy atom. The van der Waals surface area contributed by atoms with Gasteiger partial charge in [-0.05, 0) is 12.3 Å². The van der Waals surface area contributed by atoms with Gasteiger partial charge in [-0.3, -0.25) is 4.79 Å². The molecule has 2 rings (SSSR count). The number of thiol groups is 1. The van der Waals surface area contributed by atoms with Crippen LogP contribution in [0, 0.1) is 0 Å². The summed E-state index contributed by atoms with van der Waals surface area (Å²) in [7, 11) is 0. The van der Waals surface area contributed by atoms with Crippen LogP contribution < -0.4 is 0 Å². The Labute approximate surface area is 95.9 Å². The van der Waals surface area contributed by atoms with Gasteiger partial charge in [0.2, 0.25) is 0 Å². The average Bonchev–Trinajstić information content (AvgIpc) is 2.62. The molecule has 1 nitrogen and oxygen atoms in total. The number of aldehydes is 1. The maximum Gasteiger partial charge on any atom is 0.151 e. The molecule has 0 radical (unpaired) electrons. The highest BCUT2D eigenvalue weighted by Gasteiger charge is 2.08. The number of carbonyl (C=O) groups is 1. The summed E-state index contributed by atoms with van der Waals surface area (Å²) in [5.41, 5.74) is 0.757. The molecule has 0 atom stereocenters. The van der Waals surface area contributed by atoms with Crippen molar-refractivity contribution in [2.24, 2.45) is 0 Å². The molecule has 0 aliphatic carbocycles. The third-order valence-corrected chi connectivity index (χ3v) is 4.63. The van der Waals surface area contributed by atoms with E-state index in [2.05, 4.69) is 12.6 Å². The van der Waals surface area contributed by atoms with Crippen molar-refractivity contribution >= 4 is 52.1 Å². The summed E-state index contributed by atoms with van der Waals surface area (Å²) in [5, 5.41) is 2.88. The van der Waals surface area contributed by atoms with E-state index in [0.29, 0.717) is 0 Å². The monoisotopic (exact) mass is 240 g/mol. The summed E-state index contributed by atoms with van der Waals surface area (Å²) in [6, 6.07) is 4.00. The predicted molar refractivity (Wildman–Crippen MR) is 66.2 cm³/mol. The van der Waals surface area contributed by atoms with Gasteiger partial charge in [0.05, 0.1) is 0 Å². The Hall–Kier alpha value is -0.450. The lowest BCUT2D eigenvalue weighted by Crippen LogP contribution is -1.78. The molecule has 0 bridgehead atoms. The van der Waals surface area contributed by atoms with Crippen LogP contribution in [0.3, 0.4) is 0 Å². The third kappa shape index (κ3) is 1.47. The molecule has 0 unspecified atom stereocenters. The maximum absolute atomic E-state index is 10.7. The van der Waals surface area contributed by atoms with Crippen LogP contribution in [0.15, 0.2) is 27.3 Å². The SMILES string of the molecule is CSc1ccc2c(C=O)csc2c1S. The first-order valence-electron chi connectivity index (χ1n) is 4.00. The molecule has 0 N–H and O–H groups in total. The molecule has 0 spiro atoms. The van der Waals surface area contributed by atoms with Gasteiger partial charge in [0.25, 0.3) is 0 Å². The lowest BCUT2D eigenvalue weighted by Gasteiger charge is -2.01. The fourth-order valence-electron chi connectivity index (χ4n) is 1.34. The minimum absolute atomic E-state index is 0.757. The molecule has 0 amide bonds. The summed E-state index contributed by atoms with van der Waals surface area (Å²) in [6.45, 7) is 0. The highest BCUT2D eigenvalue weighted by molar-refractivity contribution is 7.99. The number of benzene rings is 1. The Bertz CT molecular complexity index is 487. The molecule has 0 saturated heterocycles. The van der Waals surface area contributed by atoms with E-state index in [1.165, 1.54) is 0 Å². The van der Waals surface area contributed by atoms with E-state index in [4.69, 9.17) is 0 Å². The van der Waals surface area contributed by atoms with Gasteiger partial charge < -0.3 is 0 Å². The molecule has 0 aliphatic rings. The predicted octanol–water partition coefficient (Wildman–Crippen LogP) is 3.72. The number of thioether (sulfide) groups is 1. The minimum atomic E-state index is 0.757. The summed E-state index contributed by atoms with van der Waals surface area (Å²) < 4.78 is 1.10. The van der Waals surface area contributed by atoms with Crippen LogP contribution >= 0.6 is 35.7 Å². The number of carbonyl (C=O) groups excluding carboxylic acids is 1. The van der Waals surface area contributed by atoms with E-state index in [1.807, 2.05) is 23.8 Å². The van der Waals surface area contributed by atoms with Crippen molar-refractivity contribution in [3.05, 3.63) is 23.1 Å². The second kappa shape index (κ2) is 3.96. The van der Waals surface area contributed by atoms with E-state index >= 15 is 0 Å². The van der Waals surface area contributed by atoms with E-state index in [9.17, 15) is 4.79 Å². The summed E-state index contributed by atoms with van der Waals surface area (Å²) >= 11 is 7.71. The fourth-order valence-corrected chi connectivity index (χ4v) is 3.49. The van der Waals surface area contributed by atoms with Gasteiger partial charge in [0.15, 0.2) is 6.29 Å². The van der Waals surface area contributed by atoms with Crippen LogP contribution in [0.2, 0.25) is 0 Å². The number of fused-ring (bicyclic) bond motifs is 1. The van der Waals surface area contributed by atoms with Crippen molar-refractivity contribution in [3.8, 4) is 0 Å². The number of hydrogen-bond acceptors (Lipinski definition) is 4. The first-order valence-corrected chi connectivity index (χ1v) is 6.55. The Kier molecular flexibility index (Phi) is 2.85. The molecular weight excluding hydrogens is 232 g/mol. The van der Waals surface area contributed by atoms with Crippen molar-refractivity contribution < 1.29 is 4.79 Å². The van der Waals surface area contributed by atoms with E-state index in [-0.39, 0.29) is 0 Å². The number of rotatable bonds is 2. The van der Waals surface area contributed by atoms with E-state index < -0.39 is 0 Å². The molecule has 2 aromatic rings. The van der Waals surface area contributed by atoms with Gasteiger partial charge in [-0.25, -0.2) is 0 Å². The summed E-state index contributed by atoms with van der Waals surface area (Å²) in [5.74, 6) is 0. The van der Waals surface area contributed by atoms with Crippen molar-refractivity contribution in [1.82, 2.24) is 0 Å². The molecule has 0 fully saturated rings. The normalized spacial score (nSPS) is 10.7. The lowest BCUT2D eigenvalue weighted by atomic mass is 10.2. The number of thiophene rings is 1. The maximum atomic E-state index is 10.7. The third-order valence-electron chi connectivity index (χ3n) is 2.06. The van der Waals surface area contributed by atoms with Crippen molar-refractivity contribution in [1.29, 1.82) is 0 Å². The second-order valence-corrected chi connectivity index (χ2v) is 4.98. The van der Waals surface area contributed by atoms with Gasteiger partial charge in [0.1, 0.15) is 0 Å². The average molecular weight is 240 g/mol. The summed E-state index contributed by atoms with van der Waals surface area (Å²) in [6.07, 6.45) is 2.92. The van der Waals surface area contributed by atoms with E-state index in [1.54, 1.807) is 23.1 Å². The highest BCUT2D eigenvalue weighted by Crippen LogP contribution is 2.36. The largest absolute Gasteiger partial charge is 0.298 e. The smallest absolute Gasteiger partial charge is 0.151 e. The molecule has 72 valence electrons. The quantitative estimate of drug-likeness (QED) is 0.489. The Morgan fingerprint density at radius 1 is 1.50 bits per heavy atom. The molecule has 0 saturated carbocycles. The molecule has 1 heterocycles. The van der Waals surface area contributed by atoms with Crippen molar-refractivity contribution in [3.63, 3.8) is 0 Å². The zero-order valence-corrected chi connectivity index (χ0v) is 10.0. The first kappa shape index (κ1) is 10.1. The molecule has 14 heavy (non-hydrogen) atoms. The molecular formula is C10H8OS3. The first-order chi connectivity index (χ1) is 6.77. The van der Waals surface area contributed by atoms with Gasteiger partial charge in [-0.2, -0.15) is 0 Å². The second-order valence-electron chi connectivity index (χ2n) is 2.80. The van der Waals surface area contributed by atoms with Crippen LogP contribution in [0.4, 0.5) is 0 Å². The van der Waals surface area contributed by atoms with E-state index in [0.717, 1.165) is 31.7 Å². The standard InChI is InChI=1S/C10H8OS3/c1-13-8-3-2-7-6(4-11)5-14-10(7)9(8)12/h2-5,12H,1H3. The van der Waals surface area contributed by atoms with Crippen LogP contribution in [0.1, 0.15) is 10.4 Å². The fraction of sp³-hybridized carbons (Fsp3) is 0.100. The molecule has 4 heteroatoms. The van der Waals surface area contributed by atoms with Crippen LogP contribution in [-0.2, 0) is 0 Å². The summed E-state index contributed by atoms with van der Waals surface area (Å²) in [4.78, 5) is 12.9. The van der Waals surface area contributed by atoms with Crippen molar-refractivity contribution in [2.75, 3.05) is 6.26 Å². The van der Waals surface area contributed by atoms with Gasteiger partial charge in [-0.15, -0.1) is 35.7 Å². The van der Waals surface area contributed by atoms with Crippen LogP contribution in [0.5, 0.6) is 0 Å². The molecule has 0 aliphatic heterocycles. The lowest BCUT2D eigenvalue weighted by molar-refractivity contribution is 0.112. The zero-order valence-electron chi connectivity index (χ0n) is 7.48. The van der Waals surface area contributed by atoms with Crippen LogP contribution in [-0.4, -0.2) is 12.5 Å². The topological polar surface area (TPSA) is 17.1 Å². The van der Waals surface area contributed by atoms with Gasteiger partial charge in [0, 0.05) is 30.8 Å². The highest BCUT2D eigenvalue weighted by atomic mass is 32.2. The Balaban J connectivity index is 2.78. The van der Waals surface area contributed by atoms with Gasteiger partial charge >= 0.3 is 0 Å². The molecule has 1 aromatic heterocycles. The number of hydrogen-bond donors (Lipinski definition) is 1. The van der Waals surface area contributed by atoms with Crippen LogP contribution in [0.25, 0.3) is 10.1 Å².